The molecule has 0 aliphatic heterocycles. The average Bonchev–Trinajstić information content (AvgIpc) is 2.35. The molecule has 0 bridgehead atoms. The minimum absolute atomic E-state index is 0.0102. The number of rotatable bonds is 5. The number of carbonyl (C=O) groups is 1. The van der Waals surface area contributed by atoms with Crippen molar-refractivity contribution in [3.63, 3.8) is 0 Å². The maximum Gasteiger partial charge on any atom is 0.253 e. The lowest BCUT2D eigenvalue weighted by molar-refractivity contribution is 0.0744. The average molecular weight is 242 g/mol. The molecule has 0 atom stereocenters. The van der Waals surface area contributed by atoms with Gasteiger partial charge in [-0.15, -0.1) is 11.6 Å². The highest BCUT2D eigenvalue weighted by molar-refractivity contribution is 6.17. The number of methoxy groups -OCH3 is 1. The van der Waals surface area contributed by atoms with E-state index in [4.69, 9.17) is 16.3 Å². The molecular formula is C12H16ClNO2. The summed E-state index contributed by atoms with van der Waals surface area (Å²) in [5.74, 6) is 0.409. The van der Waals surface area contributed by atoms with Crippen molar-refractivity contribution in [1.29, 1.82) is 0 Å². The first kappa shape index (κ1) is 13.0. The van der Waals surface area contributed by atoms with E-state index < -0.39 is 0 Å². The van der Waals surface area contributed by atoms with Gasteiger partial charge < -0.3 is 9.64 Å². The van der Waals surface area contributed by atoms with Crippen LogP contribution in [0.25, 0.3) is 0 Å². The van der Waals surface area contributed by atoms with Crippen LogP contribution in [0.5, 0.6) is 0 Å². The summed E-state index contributed by atoms with van der Waals surface area (Å²) in [5.41, 5.74) is 1.62. The lowest BCUT2D eigenvalue weighted by Gasteiger charge is -2.16. The summed E-state index contributed by atoms with van der Waals surface area (Å²) in [4.78, 5) is 13.6. The van der Waals surface area contributed by atoms with Crippen LogP contribution < -0.4 is 0 Å². The third kappa shape index (κ3) is 3.51. The van der Waals surface area contributed by atoms with Gasteiger partial charge in [-0.05, 0) is 17.7 Å². The smallest absolute Gasteiger partial charge is 0.253 e. The Balaban J connectivity index is 2.71. The van der Waals surface area contributed by atoms with Crippen LogP contribution in [0.15, 0.2) is 24.3 Å². The minimum atomic E-state index is -0.0102. The van der Waals surface area contributed by atoms with Gasteiger partial charge in [0.2, 0.25) is 0 Å². The molecule has 1 rings (SSSR count). The van der Waals surface area contributed by atoms with Gasteiger partial charge in [-0.1, -0.05) is 12.1 Å². The molecule has 0 aliphatic rings. The summed E-state index contributed by atoms with van der Waals surface area (Å²) in [6.07, 6.45) is 0. The summed E-state index contributed by atoms with van der Waals surface area (Å²) in [5, 5.41) is 0. The zero-order valence-electron chi connectivity index (χ0n) is 9.57. The highest BCUT2D eigenvalue weighted by atomic mass is 35.5. The van der Waals surface area contributed by atoms with Crippen LogP contribution in [-0.4, -0.2) is 38.1 Å². The quantitative estimate of drug-likeness (QED) is 0.740. The number of carbonyl (C=O) groups excluding carboxylic acids is 1. The fraction of sp³-hybridized carbons (Fsp3) is 0.417. The summed E-state index contributed by atoms with van der Waals surface area (Å²) >= 11 is 5.72. The first-order chi connectivity index (χ1) is 7.69. The van der Waals surface area contributed by atoms with E-state index in [0.717, 1.165) is 5.56 Å². The fourth-order valence-corrected chi connectivity index (χ4v) is 1.50. The molecule has 0 N–H and O–H groups in total. The highest BCUT2D eigenvalue weighted by Gasteiger charge is 2.11. The Labute approximate surface area is 101 Å². The maximum atomic E-state index is 11.9. The second-order valence-corrected chi connectivity index (χ2v) is 3.82. The van der Waals surface area contributed by atoms with E-state index in [-0.39, 0.29) is 5.91 Å². The predicted molar refractivity (Wildman–Crippen MR) is 64.8 cm³/mol. The molecule has 88 valence electrons. The highest BCUT2D eigenvalue weighted by Crippen LogP contribution is 2.09. The second kappa shape index (κ2) is 6.51. The Hall–Kier alpha value is -1.06. The first-order valence-corrected chi connectivity index (χ1v) is 5.61. The van der Waals surface area contributed by atoms with Crippen LogP contribution in [0.4, 0.5) is 0 Å². The Kier molecular flexibility index (Phi) is 5.29. The fourth-order valence-electron chi connectivity index (χ4n) is 1.34. The Morgan fingerprint density at radius 1 is 1.50 bits per heavy atom. The van der Waals surface area contributed by atoms with Crippen LogP contribution in [0, 0.1) is 0 Å². The largest absolute Gasteiger partial charge is 0.383 e. The maximum absolute atomic E-state index is 11.9. The first-order valence-electron chi connectivity index (χ1n) is 5.08. The number of nitrogens with zero attached hydrogens (tertiary/aromatic N) is 1. The number of benzene rings is 1. The molecular weight excluding hydrogens is 226 g/mol. The van der Waals surface area contributed by atoms with Crippen LogP contribution >= 0.6 is 11.6 Å². The molecule has 0 radical (unpaired) electrons. The number of hydrogen-bond acceptors (Lipinski definition) is 2. The van der Waals surface area contributed by atoms with Gasteiger partial charge in [0, 0.05) is 32.1 Å². The molecule has 0 saturated carbocycles. The second-order valence-electron chi connectivity index (χ2n) is 3.55. The summed E-state index contributed by atoms with van der Waals surface area (Å²) < 4.78 is 4.93. The van der Waals surface area contributed by atoms with Gasteiger partial charge in [-0.3, -0.25) is 4.79 Å². The number of hydrogen-bond donors (Lipinski definition) is 0. The SMILES string of the molecule is COCCN(C)C(=O)c1cccc(CCl)c1. The zero-order chi connectivity index (χ0) is 12.0. The summed E-state index contributed by atoms with van der Waals surface area (Å²) in [6, 6.07) is 7.36. The van der Waals surface area contributed by atoms with E-state index in [9.17, 15) is 4.79 Å². The van der Waals surface area contributed by atoms with E-state index in [2.05, 4.69) is 0 Å². The molecule has 1 amide bonds. The number of halogens is 1. The molecule has 0 heterocycles. The lowest BCUT2D eigenvalue weighted by atomic mass is 10.1. The van der Waals surface area contributed by atoms with Crippen molar-refractivity contribution in [1.82, 2.24) is 4.90 Å². The van der Waals surface area contributed by atoms with Crippen molar-refractivity contribution in [2.24, 2.45) is 0 Å². The van der Waals surface area contributed by atoms with Gasteiger partial charge in [-0.25, -0.2) is 0 Å². The minimum Gasteiger partial charge on any atom is -0.383 e. The molecule has 0 unspecified atom stereocenters. The third-order valence-corrected chi connectivity index (χ3v) is 2.61. The number of ether oxygens (including phenoxy) is 1. The Morgan fingerprint density at radius 2 is 2.25 bits per heavy atom. The van der Waals surface area contributed by atoms with Crippen LogP contribution in [-0.2, 0) is 10.6 Å². The topological polar surface area (TPSA) is 29.5 Å². The van der Waals surface area contributed by atoms with E-state index in [1.807, 2.05) is 18.2 Å². The monoisotopic (exact) mass is 241 g/mol. The van der Waals surface area contributed by atoms with Crippen molar-refractivity contribution in [3.8, 4) is 0 Å². The van der Waals surface area contributed by atoms with Crippen molar-refractivity contribution < 1.29 is 9.53 Å². The van der Waals surface area contributed by atoms with Crippen LogP contribution in [0.3, 0.4) is 0 Å². The van der Waals surface area contributed by atoms with Gasteiger partial charge in [0.1, 0.15) is 0 Å². The molecule has 0 aromatic heterocycles. The lowest BCUT2D eigenvalue weighted by Crippen LogP contribution is -2.29. The van der Waals surface area contributed by atoms with Gasteiger partial charge in [0.05, 0.1) is 6.61 Å². The standard InChI is InChI=1S/C12H16ClNO2/c1-14(6-7-16-2)12(15)11-5-3-4-10(8-11)9-13/h3-5,8H,6-7,9H2,1-2H3. The molecule has 0 aliphatic carbocycles. The van der Waals surface area contributed by atoms with Crippen molar-refractivity contribution in [2.45, 2.75) is 5.88 Å². The summed E-state index contributed by atoms with van der Waals surface area (Å²) in [7, 11) is 3.38. The number of likely N-dealkylation sites (N-methyl/N-ethyl adjacent to an activating group) is 1. The van der Waals surface area contributed by atoms with Gasteiger partial charge in [0.25, 0.3) is 5.91 Å². The Morgan fingerprint density at radius 3 is 2.88 bits per heavy atom. The zero-order valence-corrected chi connectivity index (χ0v) is 10.3. The van der Waals surface area contributed by atoms with E-state index in [0.29, 0.717) is 24.6 Å². The van der Waals surface area contributed by atoms with Crippen LogP contribution in [0.2, 0.25) is 0 Å². The molecule has 3 nitrogen and oxygen atoms in total. The van der Waals surface area contributed by atoms with E-state index >= 15 is 0 Å². The van der Waals surface area contributed by atoms with E-state index in [1.165, 1.54) is 0 Å². The summed E-state index contributed by atoms with van der Waals surface area (Å²) in [6.45, 7) is 1.12. The number of alkyl halides is 1. The normalized spacial score (nSPS) is 10.2. The molecule has 1 aromatic rings. The van der Waals surface area contributed by atoms with Gasteiger partial charge in [-0.2, -0.15) is 0 Å². The van der Waals surface area contributed by atoms with Gasteiger partial charge in [0.15, 0.2) is 0 Å². The van der Waals surface area contributed by atoms with Crippen molar-refractivity contribution in [3.05, 3.63) is 35.4 Å². The van der Waals surface area contributed by atoms with Crippen molar-refractivity contribution >= 4 is 17.5 Å². The molecule has 4 heteroatoms. The molecule has 1 aromatic carbocycles. The predicted octanol–water partition coefficient (Wildman–Crippen LogP) is 2.14. The van der Waals surface area contributed by atoms with Crippen molar-refractivity contribution in [2.75, 3.05) is 27.3 Å². The molecule has 0 spiro atoms. The molecule has 0 saturated heterocycles. The van der Waals surface area contributed by atoms with Gasteiger partial charge >= 0.3 is 0 Å². The molecule has 0 fully saturated rings. The van der Waals surface area contributed by atoms with E-state index in [1.54, 1.807) is 25.1 Å². The molecule has 16 heavy (non-hydrogen) atoms. The Bertz CT molecular complexity index is 355. The third-order valence-electron chi connectivity index (χ3n) is 2.31. The van der Waals surface area contributed by atoms with Crippen LogP contribution in [0.1, 0.15) is 15.9 Å². The number of amides is 1.